The Morgan fingerprint density at radius 1 is 0.662 bits per heavy atom. The number of carbonyl (C=O) groups is 2. The van der Waals surface area contributed by atoms with E-state index in [0.717, 1.165) is 96.6 Å². The van der Waals surface area contributed by atoms with Crippen LogP contribution in [0.25, 0.3) is 38.7 Å². The Labute approximate surface area is 430 Å². The number of benzene rings is 8. The van der Waals surface area contributed by atoms with Crippen molar-refractivity contribution in [1.82, 2.24) is 4.98 Å². The Morgan fingerprint density at radius 3 is 1.96 bits per heavy atom. The monoisotopic (exact) mass is 969 g/mol. The summed E-state index contributed by atoms with van der Waals surface area (Å²) in [5.74, 6) is -0.234. The minimum Gasteiger partial charge on any atom is -0.354 e. The van der Waals surface area contributed by atoms with E-state index in [4.69, 9.17) is 0 Å². The van der Waals surface area contributed by atoms with Crippen molar-refractivity contribution in [1.29, 1.82) is 0 Å². The van der Waals surface area contributed by atoms with E-state index in [1.165, 1.54) is 21.2 Å². The second-order valence-electron chi connectivity index (χ2n) is 19.6. The molecule has 1 amide bonds. The molecular weight excluding hydrogens is 918 g/mol. The number of nitrogens with one attached hydrogen (secondary N) is 1. The average molecular weight is 970 g/mol. The zero-order valence-corrected chi connectivity index (χ0v) is 41.5. The van der Waals surface area contributed by atoms with Crippen molar-refractivity contribution in [2.45, 2.75) is 46.0 Å². The van der Waals surface area contributed by atoms with Gasteiger partial charge in [0.05, 0.1) is 5.69 Å². The van der Waals surface area contributed by atoms with Crippen LogP contribution >= 0.6 is 0 Å². The van der Waals surface area contributed by atoms with Crippen LogP contribution in [0.3, 0.4) is 0 Å². The largest absolute Gasteiger partial charge is 0.935 e. The quantitative estimate of drug-likeness (QED) is 0.0925. The van der Waals surface area contributed by atoms with Crippen molar-refractivity contribution in [3.05, 3.63) is 255 Å². The summed E-state index contributed by atoms with van der Waals surface area (Å²) in [5.41, 5.74) is 20.4. The first-order valence-corrected chi connectivity index (χ1v) is 25.3. The van der Waals surface area contributed by atoms with E-state index in [0.29, 0.717) is 59.3 Å². The number of carbonyl (C=O) groups excluding carboxylic acids is 2. The number of aromatic amines is 1. The molecule has 3 aliphatic rings. The van der Waals surface area contributed by atoms with Gasteiger partial charge in [0.2, 0.25) is 0 Å². The molecule has 0 unspecified atom stereocenters. The second kappa shape index (κ2) is 19.1. The molecule has 1 N–H and O–H groups in total. The lowest BCUT2D eigenvalue weighted by Crippen LogP contribution is -2.27. The lowest BCUT2D eigenvalue weighted by atomic mass is 9.91. The van der Waals surface area contributed by atoms with Crippen molar-refractivity contribution < 1.29 is 22.7 Å². The van der Waals surface area contributed by atoms with Crippen LogP contribution in [0.5, 0.6) is 0 Å². The number of anilines is 4. The summed E-state index contributed by atoms with van der Waals surface area (Å²) in [7, 11) is -0.962. The van der Waals surface area contributed by atoms with E-state index < -0.39 is 7.40 Å². The molecular formula is C65H52BF2N4O2+. The number of fused-ring (bicyclic) bond motifs is 7. The highest BCUT2D eigenvalue weighted by Crippen LogP contribution is 2.46. The Morgan fingerprint density at radius 2 is 1.28 bits per heavy atom. The van der Waals surface area contributed by atoms with Crippen molar-refractivity contribution in [2.24, 2.45) is 0 Å². The summed E-state index contributed by atoms with van der Waals surface area (Å²) >= 11 is 0. The molecule has 12 rings (SSSR count). The number of amides is 1. The van der Waals surface area contributed by atoms with Gasteiger partial charge in [0, 0.05) is 92.7 Å². The Hall–Kier alpha value is -8.69. The first-order chi connectivity index (χ1) is 36.2. The van der Waals surface area contributed by atoms with Crippen LogP contribution in [0.2, 0.25) is 0 Å². The SMILES string of the molecule is CC1=C2Cc3ccccc3C2=[N+](B(F)F)/C1=C(/CCCc1ccc(N(C)C(=O)c2ccc(-c3ccc(N(c4ccccc4)c4ccccc4)cc3)c3cccc(C=O)c23)cc1)c1[nH]c2c(c1C)Cc1ccccc1-2. The van der Waals surface area contributed by atoms with Gasteiger partial charge in [0.25, 0.3) is 5.91 Å². The lowest BCUT2D eigenvalue weighted by Gasteiger charge is -2.25. The summed E-state index contributed by atoms with van der Waals surface area (Å²) in [6.45, 7) is 4.14. The molecule has 6 nitrogen and oxygen atoms in total. The number of para-hydroxylation sites is 2. The molecule has 0 radical (unpaired) electrons. The molecule has 0 atom stereocenters. The van der Waals surface area contributed by atoms with Gasteiger partial charge >= 0.3 is 7.40 Å². The maximum absolute atomic E-state index is 15.6. The van der Waals surface area contributed by atoms with Gasteiger partial charge in [-0.3, -0.25) is 9.59 Å². The molecule has 1 aliphatic heterocycles. The molecule has 0 saturated heterocycles. The standard InChI is InChI=1S/C65H51BF2N4O2/c1-41-58-38-45-17-10-12-24-53(45)62(58)69-61(41)57(63-42(2)59-39-46-18-11-13-25-54(46)64(59)72(63)66(67)68)27-14-16-43-28-32-48(33-29-43)70(3)65(74)56-37-36-52(55-26-15-19-47(40-73)60(55)56)44-30-34-51(35-31-44)71(49-20-6-4-7-21-49)50-22-8-5-9-23-50/h4-13,15,17-26,28-37,40H,14,16,27,38-39H2,1-3H3/p+1. The van der Waals surface area contributed by atoms with Gasteiger partial charge in [-0.15, -0.1) is 0 Å². The summed E-state index contributed by atoms with van der Waals surface area (Å²) in [5, 5.41) is 1.42. The molecule has 0 bridgehead atoms. The molecule has 9 aromatic rings. The van der Waals surface area contributed by atoms with Crippen LogP contribution in [0.1, 0.15) is 79.6 Å². The predicted molar refractivity (Wildman–Crippen MR) is 297 cm³/mol. The maximum atomic E-state index is 15.6. The third kappa shape index (κ3) is 7.91. The van der Waals surface area contributed by atoms with Crippen molar-refractivity contribution in [3.63, 3.8) is 0 Å². The minimum atomic E-state index is -2.72. The van der Waals surface area contributed by atoms with Crippen molar-refractivity contribution >= 4 is 64.4 Å². The topological polar surface area (TPSA) is 59.4 Å². The predicted octanol–water partition coefficient (Wildman–Crippen LogP) is 15.3. The fraction of sp³-hybridized carbons (Fsp3) is 0.123. The van der Waals surface area contributed by atoms with Gasteiger partial charge < -0.3 is 14.8 Å². The first kappa shape index (κ1) is 46.4. The molecule has 1 aromatic heterocycles. The number of H-pyrrole nitrogens is 1. The number of halogens is 2. The zero-order chi connectivity index (χ0) is 50.6. The summed E-state index contributed by atoms with van der Waals surface area (Å²) in [6, 6.07) is 62.6. The number of nitrogens with zero attached hydrogens (tertiary/aromatic N) is 3. The maximum Gasteiger partial charge on any atom is 0.935 e. The Bertz CT molecular complexity index is 3760. The van der Waals surface area contributed by atoms with E-state index in [2.05, 4.69) is 89.6 Å². The molecule has 8 aromatic carbocycles. The van der Waals surface area contributed by atoms with Gasteiger partial charge in [-0.2, -0.15) is 0 Å². The molecule has 0 fully saturated rings. The third-order valence-corrected chi connectivity index (χ3v) is 15.4. The normalized spacial score (nSPS) is 14.0. The number of allylic oxidation sites excluding steroid dienone is 3. The third-order valence-electron chi connectivity index (χ3n) is 15.4. The fourth-order valence-electron chi connectivity index (χ4n) is 11.8. The highest BCUT2D eigenvalue weighted by molar-refractivity contribution is 6.37. The number of aldehydes is 1. The number of rotatable bonds is 13. The summed E-state index contributed by atoms with van der Waals surface area (Å²) in [4.78, 5) is 34.9. The van der Waals surface area contributed by atoms with Crippen LogP contribution in [0, 0.1) is 6.92 Å². The van der Waals surface area contributed by atoms with E-state index in [1.54, 1.807) is 18.0 Å². The Kier molecular flexibility index (Phi) is 11.9. The van der Waals surface area contributed by atoms with Crippen LogP contribution in [0.4, 0.5) is 31.4 Å². The molecule has 74 heavy (non-hydrogen) atoms. The van der Waals surface area contributed by atoms with Crippen molar-refractivity contribution in [2.75, 3.05) is 16.8 Å². The lowest BCUT2D eigenvalue weighted by molar-refractivity contribution is -0.342. The zero-order valence-electron chi connectivity index (χ0n) is 41.5. The molecule has 0 saturated carbocycles. The van der Waals surface area contributed by atoms with E-state index in [-0.39, 0.29) is 5.91 Å². The smallest absolute Gasteiger partial charge is 0.354 e. The molecule has 360 valence electrons. The summed E-state index contributed by atoms with van der Waals surface area (Å²) < 4.78 is 32.5. The molecule has 0 spiro atoms. The highest BCUT2D eigenvalue weighted by atomic mass is 19.2. The van der Waals surface area contributed by atoms with E-state index >= 15 is 8.63 Å². The van der Waals surface area contributed by atoms with Gasteiger partial charge in [-0.05, 0) is 138 Å². The number of aryl methyl sites for hydroxylation is 1. The molecule has 2 heterocycles. The van der Waals surface area contributed by atoms with Crippen LogP contribution < -0.4 is 9.80 Å². The van der Waals surface area contributed by atoms with E-state index in [9.17, 15) is 9.59 Å². The molecule has 9 heteroatoms. The highest BCUT2D eigenvalue weighted by Gasteiger charge is 2.51. The van der Waals surface area contributed by atoms with Gasteiger partial charge in [-0.1, -0.05) is 127 Å². The first-order valence-electron chi connectivity index (χ1n) is 25.3. The fourth-order valence-corrected chi connectivity index (χ4v) is 11.8. The van der Waals surface area contributed by atoms with Crippen molar-refractivity contribution in [3.8, 4) is 22.4 Å². The van der Waals surface area contributed by atoms with E-state index in [1.807, 2.05) is 116 Å². The number of aromatic nitrogens is 1. The van der Waals surface area contributed by atoms with Crippen LogP contribution in [-0.4, -0.2) is 41.8 Å². The van der Waals surface area contributed by atoms with Crippen LogP contribution in [0.15, 0.2) is 205 Å². The second-order valence-corrected chi connectivity index (χ2v) is 19.6. The van der Waals surface area contributed by atoms with Gasteiger partial charge in [-0.25, -0.2) is 13.1 Å². The number of hydrogen-bond acceptors (Lipinski definition) is 3. The Balaban J connectivity index is 0.816. The van der Waals surface area contributed by atoms with Gasteiger partial charge in [0.15, 0.2) is 17.7 Å². The average Bonchev–Trinajstić information content (AvgIpc) is 4.18. The summed E-state index contributed by atoms with van der Waals surface area (Å²) in [6.07, 6.45) is 4.25. The van der Waals surface area contributed by atoms with Gasteiger partial charge in [0.1, 0.15) is 0 Å². The minimum absolute atomic E-state index is 0.234. The number of hydrogen-bond donors (Lipinski definition) is 1. The molecule has 2 aliphatic carbocycles. The van der Waals surface area contributed by atoms with Crippen LogP contribution in [-0.2, 0) is 19.3 Å².